The lowest BCUT2D eigenvalue weighted by atomic mass is 9.81. The van der Waals surface area contributed by atoms with Crippen LogP contribution in [0.2, 0.25) is 0 Å². The van der Waals surface area contributed by atoms with Gasteiger partial charge >= 0.3 is 11.9 Å². The van der Waals surface area contributed by atoms with Gasteiger partial charge in [0.05, 0.1) is 30.8 Å². The molecule has 9 nitrogen and oxygen atoms in total. The number of esters is 2. The van der Waals surface area contributed by atoms with Crippen LogP contribution in [0.15, 0.2) is 36.0 Å². The maximum atomic E-state index is 12.6. The molecule has 0 spiro atoms. The molecule has 0 radical (unpaired) electrons. The molecule has 11 unspecified atom stereocenters. The minimum Gasteiger partial charge on any atom is -0.457 e. The molecule has 0 saturated carbocycles. The minimum atomic E-state index is -1.44. The number of ether oxygens (including phenoxy) is 3. The third-order valence-electron chi connectivity index (χ3n) is 8.39. The molecule has 1 rings (SSSR count). The molecule has 1 heterocycles. The predicted octanol–water partition coefficient (Wildman–Crippen LogP) is 3.88. The van der Waals surface area contributed by atoms with Crippen LogP contribution < -0.4 is 0 Å². The number of methoxy groups -OCH3 is 1. The summed E-state index contributed by atoms with van der Waals surface area (Å²) in [6, 6.07) is 0. The Balaban J connectivity index is 3.14. The summed E-state index contributed by atoms with van der Waals surface area (Å²) in [7, 11) is 1.65. The van der Waals surface area contributed by atoms with E-state index in [1.54, 1.807) is 37.5 Å². The zero-order valence-electron chi connectivity index (χ0n) is 26.3. The Morgan fingerprint density at radius 2 is 1.80 bits per heavy atom. The molecule has 0 aliphatic carbocycles. The van der Waals surface area contributed by atoms with Crippen LogP contribution in [-0.2, 0) is 23.8 Å². The molecule has 0 saturated heterocycles. The molecule has 11 atom stereocenters. The fraction of sp³-hybridized carbons (Fsp3) is 0.750. The van der Waals surface area contributed by atoms with Crippen LogP contribution >= 0.6 is 0 Å². The molecule has 0 amide bonds. The molecule has 4 N–H and O–H groups in total. The number of cyclic esters (lactones) is 1. The van der Waals surface area contributed by atoms with E-state index in [1.807, 2.05) is 41.5 Å². The van der Waals surface area contributed by atoms with Gasteiger partial charge in [0, 0.05) is 25.9 Å². The maximum Gasteiger partial charge on any atom is 0.309 e. The molecule has 1 aliphatic rings. The number of hydrogen-bond acceptors (Lipinski definition) is 9. The number of allylic oxidation sites excluding steroid dienone is 2. The van der Waals surface area contributed by atoms with Crippen LogP contribution in [0.25, 0.3) is 0 Å². The summed E-state index contributed by atoms with van der Waals surface area (Å²) in [4.78, 5) is 24.3. The monoisotopic (exact) mass is 582 g/mol. The van der Waals surface area contributed by atoms with Gasteiger partial charge in [0.15, 0.2) is 0 Å². The van der Waals surface area contributed by atoms with Crippen LogP contribution in [-0.4, -0.2) is 81.7 Å². The highest BCUT2D eigenvalue weighted by Gasteiger charge is 2.35. The molecule has 236 valence electrons. The van der Waals surface area contributed by atoms with E-state index >= 15 is 0 Å². The van der Waals surface area contributed by atoms with Crippen molar-refractivity contribution in [1.82, 2.24) is 0 Å². The summed E-state index contributed by atoms with van der Waals surface area (Å²) in [6.45, 7) is 14.2. The van der Waals surface area contributed by atoms with Gasteiger partial charge in [-0.1, -0.05) is 58.9 Å². The van der Waals surface area contributed by atoms with Gasteiger partial charge in [-0.25, -0.2) is 0 Å². The number of hydrogen-bond donors (Lipinski definition) is 4. The molecule has 9 heteroatoms. The standard InChI is InChI=1S/C32H54O9/c1-10-26(39-9)22(5)23(6)30(37)29(36)19(2)12-11-13-20(3)31-21(4)14-15-27(40-24(7)33)32(8,38)17-16-25(34)18-28(35)41-31/h11-15,19,21-23,25-27,29-31,34,36-38H,10,16-18H2,1-9H3/b12-11+,15-14+,20-13+. The van der Waals surface area contributed by atoms with Crippen molar-refractivity contribution in [2.75, 3.05) is 7.11 Å². The summed E-state index contributed by atoms with van der Waals surface area (Å²) in [5.74, 6) is -1.94. The topological polar surface area (TPSA) is 143 Å². The van der Waals surface area contributed by atoms with Crippen molar-refractivity contribution < 1.29 is 44.2 Å². The number of rotatable bonds is 11. The quantitative estimate of drug-likeness (QED) is 0.162. The second-order valence-electron chi connectivity index (χ2n) is 12.0. The van der Waals surface area contributed by atoms with E-state index in [9.17, 15) is 30.0 Å². The van der Waals surface area contributed by atoms with Crippen molar-refractivity contribution in [2.24, 2.45) is 23.7 Å². The highest BCUT2D eigenvalue weighted by atomic mass is 16.6. The molecule has 0 aromatic carbocycles. The summed E-state index contributed by atoms with van der Waals surface area (Å²) < 4.78 is 16.6. The van der Waals surface area contributed by atoms with Crippen molar-refractivity contribution in [3.63, 3.8) is 0 Å². The Hall–Kier alpha value is -2.04. The zero-order chi connectivity index (χ0) is 31.5. The summed E-state index contributed by atoms with van der Waals surface area (Å²) >= 11 is 0. The second kappa shape index (κ2) is 17.2. The maximum absolute atomic E-state index is 12.6. The predicted molar refractivity (Wildman–Crippen MR) is 158 cm³/mol. The second-order valence-corrected chi connectivity index (χ2v) is 12.0. The van der Waals surface area contributed by atoms with E-state index in [-0.39, 0.29) is 49.0 Å². The van der Waals surface area contributed by atoms with Gasteiger partial charge in [-0.05, 0) is 56.6 Å². The van der Waals surface area contributed by atoms with E-state index in [0.717, 1.165) is 6.42 Å². The minimum absolute atomic E-state index is 0.00971. The van der Waals surface area contributed by atoms with Crippen molar-refractivity contribution in [3.8, 4) is 0 Å². The van der Waals surface area contributed by atoms with Crippen LogP contribution in [0.1, 0.15) is 81.1 Å². The van der Waals surface area contributed by atoms with Crippen molar-refractivity contribution in [2.45, 2.75) is 123 Å². The number of aliphatic hydroxyl groups excluding tert-OH is 3. The van der Waals surface area contributed by atoms with Gasteiger partial charge in [0.25, 0.3) is 0 Å². The molecule has 0 bridgehead atoms. The first-order valence-corrected chi connectivity index (χ1v) is 14.7. The van der Waals surface area contributed by atoms with Gasteiger partial charge in [-0.15, -0.1) is 0 Å². The summed E-state index contributed by atoms with van der Waals surface area (Å²) in [5.41, 5.74) is -0.725. The zero-order valence-corrected chi connectivity index (χ0v) is 26.3. The van der Waals surface area contributed by atoms with Gasteiger partial charge in [-0.3, -0.25) is 9.59 Å². The van der Waals surface area contributed by atoms with Crippen LogP contribution in [0.3, 0.4) is 0 Å². The van der Waals surface area contributed by atoms with Gasteiger partial charge < -0.3 is 34.6 Å². The lowest BCUT2D eigenvalue weighted by Crippen LogP contribution is -2.42. The first kappa shape index (κ1) is 37.0. The van der Waals surface area contributed by atoms with E-state index in [0.29, 0.717) is 5.57 Å². The summed E-state index contributed by atoms with van der Waals surface area (Å²) in [5, 5.41) is 43.0. The first-order valence-electron chi connectivity index (χ1n) is 14.7. The van der Waals surface area contributed by atoms with Gasteiger partial charge in [0.2, 0.25) is 0 Å². The fourth-order valence-electron chi connectivity index (χ4n) is 5.25. The molecule has 1 aliphatic heterocycles. The Kier molecular flexibility index (Phi) is 15.5. The lowest BCUT2D eigenvalue weighted by Gasteiger charge is -2.33. The van der Waals surface area contributed by atoms with E-state index in [2.05, 4.69) is 0 Å². The van der Waals surface area contributed by atoms with E-state index in [4.69, 9.17) is 14.2 Å². The third kappa shape index (κ3) is 11.6. The highest BCUT2D eigenvalue weighted by Crippen LogP contribution is 2.28. The molecule has 41 heavy (non-hydrogen) atoms. The molecule has 0 fully saturated rings. The third-order valence-corrected chi connectivity index (χ3v) is 8.39. The summed E-state index contributed by atoms with van der Waals surface area (Å²) in [6.07, 6.45) is 4.91. The van der Waals surface area contributed by atoms with Crippen molar-refractivity contribution >= 4 is 11.9 Å². The number of carbonyl (C=O) groups is 2. The normalized spacial score (nSPS) is 32.0. The molecule has 0 aromatic heterocycles. The molecular weight excluding hydrogens is 528 g/mol. The smallest absolute Gasteiger partial charge is 0.309 e. The average Bonchev–Trinajstić information content (AvgIpc) is 2.91. The Morgan fingerprint density at radius 1 is 1.17 bits per heavy atom. The molecular formula is C32H54O9. The van der Waals surface area contributed by atoms with Gasteiger partial charge in [0.1, 0.15) is 17.8 Å². The van der Waals surface area contributed by atoms with Crippen LogP contribution in [0, 0.1) is 23.7 Å². The number of carbonyl (C=O) groups excluding carboxylic acids is 2. The Bertz CT molecular complexity index is 905. The van der Waals surface area contributed by atoms with Crippen molar-refractivity contribution in [1.29, 1.82) is 0 Å². The largest absolute Gasteiger partial charge is 0.457 e. The van der Waals surface area contributed by atoms with E-state index < -0.39 is 48.1 Å². The van der Waals surface area contributed by atoms with Gasteiger partial charge in [-0.2, -0.15) is 0 Å². The fourth-order valence-corrected chi connectivity index (χ4v) is 5.25. The first-order chi connectivity index (χ1) is 19.0. The van der Waals surface area contributed by atoms with E-state index in [1.165, 1.54) is 13.8 Å². The Labute approximate surface area is 246 Å². The van der Waals surface area contributed by atoms with Crippen LogP contribution in [0.4, 0.5) is 0 Å². The van der Waals surface area contributed by atoms with Crippen LogP contribution in [0.5, 0.6) is 0 Å². The number of aliphatic hydroxyl groups is 4. The average molecular weight is 583 g/mol. The van der Waals surface area contributed by atoms with Crippen molar-refractivity contribution in [3.05, 3.63) is 36.0 Å². The highest BCUT2D eigenvalue weighted by molar-refractivity contribution is 5.70. The Morgan fingerprint density at radius 3 is 2.37 bits per heavy atom. The molecule has 0 aromatic rings. The SMILES string of the molecule is CCC(OC)C(C)C(C)C(O)C(O)C(C)/C=C/C=C(\C)C1OC(=O)CC(O)CCC(C)(O)C(OC(C)=O)/C=C/C1C. The lowest BCUT2D eigenvalue weighted by molar-refractivity contribution is -0.157.